The fourth-order valence-corrected chi connectivity index (χ4v) is 2.67. The van der Waals surface area contributed by atoms with Gasteiger partial charge in [0.15, 0.2) is 5.70 Å². The van der Waals surface area contributed by atoms with Gasteiger partial charge in [-0.25, -0.2) is 14.2 Å². The third-order valence-corrected chi connectivity index (χ3v) is 3.76. The van der Waals surface area contributed by atoms with Crippen LogP contribution in [0, 0.1) is 11.7 Å². The van der Waals surface area contributed by atoms with E-state index >= 15 is 0 Å². The van der Waals surface area contributed by atoms with Crippen molar-refractivity contribution in [3.05, 3.63) is 41.3 Å². The number of hydrogen-bond acceptors (Lipinski definition) is 3. The molecule has 20 heavy (non-hydrogen) atoms. The fourth-order valence-electron chi connectivity index (χ4n) is 2.67. The van der Waals surface area contributed by atoms with Gasteiger partial charge in [-0.05, 0) is 36.6 Å². The Morgan fingerprint density at radius 1 is 1.15 bits per heavy atom. The van der Waals surface area contributed by atoms with E-state index in [1.807, 2.05) is 0 Å². The van der Waals surface area contributed by atoms with E-state index in [-0.39, 0.29) is 11.7 Å². The number of ether oxygens (including phenoxy) is 1. The van der Waals surface area contributed by atoms with Gasteiger partial charge in [0, 0.05) is 5.92 Å². The Bertz CT molecular complexity index is 569. The van der Waals surface area contributed by atoms with Gasteiger partial charge in [-0.15, -0.1) is 0 Å². The summed E-state index contributed by atoms with van der Waals surface area (Å²) < 4.78 is 18.1. The molecule has 1 aliphatic heterocycles. The highest BCUT2D eigenvalue weighted by Crippen LogP contribution is 2.29. The van der Waals surface area contributed by atoms with Crippen LogP contribution in [0.2, 0.25) is 0 Å². The maximum Gasteiger partial charge on any atom is 0.363 e. The second-order valence-electron chi connectivity index (χ2n) is 5.26. The predicted molar refractivity (Wildman–Crippen MR) is 74.5 cm³/mol. The monoisotopic (exact) mass is 273 g/mol. The smallest absolute Gasteiger partial charge is 0.363 e. The van der Waals surface area contributed by atoms with Gasteiger partial charge in [0.05, 0.1) is 0 Å². The minimum Gasteiger partial charge on any atom is -0.406 e. The number of carbonyl (C=O) groups is 1. The maximum atomic E-state index is 12.8. The molecule has 2 aliphatic rings. The second-order valence-corrected chi connectivity index (χ2v) is 5.26. The lowest BCUT2D eigenvalue weighted by Crippen LogP contribution is -2.19. The van der Waals surface area contributed by atoms with Crippen molar-refractivity contribution in [2.45, 2.75) is 32.1 Å². The van der Waals surface area contributed by atoms with Crippen LogP contribution in [0.4, 0.5) is 4.39 Å². The number of halogens is 1. The van der Waals surface area contributed by atoms with Crippen LogP contribution in [-0.4, -0.2) is 11.9 Å². The minimum atomic E-state index is -0.408. The molecule has 1 aromatic carbocycles. The molecule has 0 saturated heterocycles. The first-order valence-corrected chi connectivity index (χ1v) is 7.00. The predicted octanol–water partition coefficient (Wildman–Crippen LogP) is 3.70. The highest BCUT2D eigenvalue weighted by Gasteiger charge is 2.29. The van der Waals surface area contributed by atoms with E-state index in [0.717, 1.165) is 31.2 Å². The van der Waals surface area contributed by atoms with Gasteiger partial charge in [-0.3, -0.25) is 0 Å². The zero-order valence-corrected chi connectivity index (χ0v) is 11.1. The summed E-state index contributed by atoms with van der Waals surface area (Å²) in [7, 11) is 0. The summed E-state index contributed by atoms with van der Waals surface area (Å²) in [4.78, 5) is 16.1. The number of carbonyl (C=O) groups excluding carboxylic acids is 1. The standard InChI is InChI=1S/C16H16FNO2/c17-13-8-6-11(7-9-13)10-14-16(19)20-15(18-14)12-4-2-1-3-5-12/h6-10,12H,1-5H2/b14-10+. The molecule has 1 fully saturated rings. The van der Waals surface area contributed by atoms with Crippen LogP contribution in [0.15, 0.2) is 35.0 Å². The van der Waals surface area contributed by atoms with Crippen molar-refractivity contribution in [2.24, 2.45) is 10.9 Å². The van der Waals surface area contributed by atoms with Gasteiger partial charge in [0.2, 0.25) is 5.90 Å². The molecule has 4 heteroatoms. The van der Waals surface area contributed by atoms with E-state index < -0.39 is 5.97 Å². The lowest BCUT2D eigenvalue weighted by atomic mass is 9.89. The Morgan fingerprint density at radius 2 is 1.85 bits per heavy atom. The molecule has 0 aromatic heterocycles. The molecule has 1 aliphatic carbocycles. The number of rotatable bonds is 2. The van der Waals surface area contributed by atoms with Gasteiger partial charge in [-0.2, -0.15) is 0 Å². The highest BCUT2D eigenvalue weighted by molar-refractivity contribution is 6.07. The van der Waals surface area contributed by atoms with E-state index in [0.29, 0.717) is 11.6 Å². The first kappa shape index (κ1) is 13.0. The maximum absolute atomic E-state index is 12.8. The Labute approximate surface area is 117 Å². The Morgan fingerprint density at radius 3 is 2.55 bits per heavy atom. The molecule has 0 atom stereocenters. The molecule has 0 unspecified atom stereocenters. The quantitative estimate of drug-likeness (QED) is 0.608. The molecule has 1 saturated carbocycles. The first-order valence-electron chi connectivity index (χ1n) is 7.00. The van der Waals surface area contributed by atoms with Crippen molar-refractivity contribution in [3.8, 4) is 0 Å². The lowest BCUT2D eigenvalue weighted by Gasteiger charge is -2.19. The molecule has 1 heterocycles. The van der Waals surface area contributed by atoms with Crippen molar-refractivity contribution < 1.29 is 13.9 Å². The van der Waals surface area contributed by atoms with Crippen LogP contribution in [0.1, 0.15) is 37.7 Å². The summed E-state index contributed by atoms with van der Waals surface area (Å²) in [6, 6.07) is 5.95. The molecule has 3 nitrogen and oxygen atoms in total. The highest BCUT2D eigenvalue weighted by atomic mass is 19.1. The number of cyclic esters (lactones) is 1. The first-order chi connectivity index (χ1) is 9.72. The van der Waals surface area contributed by atoms with Crippen LogP contribution in [0.25, 0.3) is 6.08 Å². The lowest BCUT2D eigenvalue weighted by molar-refractivity contribution is -0.130. The molecule has 0 bridgehead atoms. The van der Waals surface area contributed by atoms with E-state index in [9.17, 15) is 9.18 Å². The molecule has 0 amide bonds. The fraction of sp³-hybridized carbons (Fsp3) is 0.375. The summed E-state index contributed by atoms with van der Waals surface area (Å²) >= 11 is 0. The minimum absolute atomic E-state index is 0.270. The average Bonchev–Trinajstić information content (AvgIpc) is 2.84. The number of nitrogens with zero attached hydrogens (tertiary/aromatic N) is 1. The largest absolute Gasteiger partial charge is 0.406 e. The van der Waals surface area contributed by atoms with Crippen LogP contribution >= 0.6 is 0 Å². The van der Waals surface area contributed by atoms with E-state index in [1.165, 1.54) is 18.6 Å². The van der Waals surface area contributed by atoms with Gasteiger partial charge in [0.1, 0.15) is 5.82 Å². The normalized spacial score (nSPS) is 21.9. The molecule has 0 N–H and O–H groups in total. The third kappa shape index (κ3) is 2.79. The topological polar surface area (TPSA) is 38.7 Å². The summed E-state index contributed by atoms with van der Waals surface area (Å²) in [5, 5.41) is 0. The van der Waals surface area contributed by atoms with Gasteiger partial charge in [0.25, 0.3) is 0 Å². The third-order valence-electron chi connectivity index (χ3n) is 3.76. The van der Waals surface area contributed by atoms with Crippen molar-refractivity contribution in [3.63, 3.8) is 0 Å². The summed E-state index contributed by atoms with van der Waals surface area (Å²) in [6.45, 7) is 0. The molecular formula is C16H16FNO2. The summed E-state index contributed by atoms with van der Waals surface area (Å²) in [5.74, 6) is 0.123. The molecule has 0 radical (unpaired) electrons. The van der Waals surface area contributed by atoms with Crippen molar-refractivity contribution in [2.75, 3.05) is 0 Å². The number of benzene rings is 1. The van der Waals surface area contributed by atoms with Crippen LogP contribution < -0.4 is 0 Å². The summed E-state index contributed by atoms with van der Waals surface area (Å²) in [6.07, 6.45) is 7.29. The van der Waals surface area contributed by atoms with Crippen LogP contribution in [0.5, 0.6) is 0 Å². The molecular weight excluding hydrogens is 257 g/mol. The molecule has 104 valence electrons. The number of hydrogen-bond donors (Lipinski definition) is 0. The van der Waals surface area contributed by atoms with Gasteiger partial charge >= 0.3 is 5.97 Å². The average molecular weight is 273 g/mol. The SMILES string of the molecule is O=C1OC(C2CCCCC2)=N/C1=C/c1ccc(F)cc1. The zero-order valence-electron chi connectivity index (χ0n) is 11.1. The van der Waals surface area contributed by atoms with Crippen molar-refractivity contribution >= 4 is 17.9 Å². The van der Waals surface area contributed by atoms with Crippen LogP contribution in [-0.2, 0) is 9.53 Å². The van der Waals surface area contributed by atoms with Gasteiger partial charge in [-0.1, -0.05) is 31.4 Å². The zero-order chi connectivity index (χ0) is 13.9. The summed E-state index contributed by atoms with van der Waals surface area (Å²) in [5.41, 5.74) is 1.05. The molecule has 3 rings (SSSR count). The second kappa shape index (κ2) is 5.57. The van der Waals surface area contributed by atoms with E-state index in [2.05, 4.69) is 4.99 Å². The molecule has 1 aromatic rings. The molecule has 0 spiro atoms. The van der Waals surface area contributed by atoms with Crippen molar-refractivity contribution in [1.82, 2.24) is 0 Å². The Kier molecular flexibility index (Phi) is 3.63. The van der Waals surface area contributed by atoms with Crippen molar-refractivity contribution in [1.29, 1.82) is 0 Å². The Balaban J connectivity index is 1.80. The van der Waals surface area contributed by atoms with E-state index in [1.54, 1.807) is 18.2 Å². The number of esters is 1. The van der Waals surface area contributed by atoms with E-state index in [4.69, 9.17) is 4.74 Å². The Hall–Kier alpha value is -1.97. The van der Waals surface area contributed by atoms with Crippen LogP contribution in [0.3, 0.4) is 0 Å². The van der Waals surface area contributed by atoms with Gasteiger partial charge < -0.3 is 4.74 Å². The number of aliphatic imine (C=N–C) groups is 1.